The molecular weight excluding hydrogens is 551 g/mol. The maximum absolute atomic E-state index is 4.31. The lowest BCUT2D eigenvalue weighted by atomic mass is 9.83. The van der Waals surface area contributed by atoms with Crippen molar-refractivity contribution in [1.82, 2.24) is 0 Å². The number of anilines is 4. The summed E-state index contributed by atoms with van der Waals surface area (Å²) in [6, 6.07) is 18.9. The van der Waals surface area contributed by atoms with Crippen LogP contribution in [0.15, 0.2) is 48.5 Å². The maximum Gasteiger partial charge on any atom is 0.465 e. The summed E-state index contributed by atoms with van der Waals surface area (Å²) in [7, 11) is 0. The average Bonchev–Trinajstić information content (AvgIpc) is 3.17. The highest BCUT2D eigenvalue weighted by Crippen LogP contribution is 2.54. The molecule has 40 heavy (non-hydrogen) atoms. The maximum atomic E-state index is 4.31. The van der Waals surface area contributed by atoms with Gasteiger partial charge in [0.25, 0.3) is 0 Å². The van der Waals surface area contributed by atoms with Gasteiger partial charge in [-0.1, -0.05) is 135 Å². The first-order valence-electron chi connectivity index (χ1n) is 15.4. The lowest BCUT2D eigenvalue weighted by Gasteiger charge is -2.34. The molecule has 0 aromatic heterocycles. The second-order valence-corrected chi connectivity index (χ2v) is 14.4. The van der Waals surface area contributed by atoms with E-state index in [9.17, 15) is 0 Å². The molecule has 3 aromatic carbocycles. The first kappa shape index (κ1) is 30.8. The summed E-state index contributed by atoms with van der Waals surface area (Å²) < 4.78 is 0. The van der Waals surface area contributed by atoms with Crippen LogP contribution in [0.1, 0.15) is 152 Å². The quantitative estimate of drug-likeness (QED) is 0.237. The largest absolute Gasteiger partial charge is 0.465 e. The first-order chi connectivity index (χ1) is 18.8. The molecule has 4 heteroatoms. The zero-order chi connectivity index (χ0) is 29.6. The molecule has 0 amide bonds. The molecule has 0 bridgehead atoms. The van der Waals surface area contributed by atoms with Crippen LogP contribution in [0.3, 0.4) is 0 Å². The van der Waals surface area contributed by atoms with Gasteiger partial charge in [-0.3, -0.25) is 0 Å². The number of para-hydroxylation sites is 2. The molecular formula is C36H50BBrN2. The van der Waals surface area contributed by atoms with Crippen molar-refractivity contribution < 1.29 is 0 Å². The van der Waals surface area contributed by atoms with Crippen LogP contribution in [0.4, 0.5) is 22.7 Å². The van der Waals surface area contributed by atoms with Crippen molar-refractivity contribution in [2.75, 3.05) is 9.62 Å². The van der Waals surface area contributed by atoms with Gasteiger partial charge in [0.1, 0.15) is 0 Å². The van der Waals surface area contributed by atoms with E-state index in [1.54, 1.807) is 0 Å². The van der Waals surface area contributed by atoms with Crippen LogP contribution in [0.2, 0.25) is 0 Å². The molecule has 0 fully saturated rings. The Bertz CT molecular complexity index is 1190. The van der Waals surface area contributed by atoms with E-state index in [0.29, 0.717) is 35.5 Å². The Hall–Kier alpha value is -2.20. The summed E-state index contributed by atoms with van der Waals surface area (Å²) in [6.07, 6.45) is 0. The third kappa shape index (κ3) is 5.50. The smallest absolute Gasteiger partial charge is 0.354 e. The Morgan fingerprint density at radius 3 is 0.975 bits per heavy atom. The summed E-state index contributed by atoms with van der Waals surface area (Å²) in [5.41, 5.74) is 13.8. The standard InChI is InChI=1S/C36H50BBrN2/c1-21(2)27-17-29(23(5)6)35(30(18-27)24(7)8)39-33-15-13-14-16-34(33)40(37(39)38)36-31(25(9)10)19-28(22(3)4)20-32(36)26(11)12/h13-26H,1-12H3. The molecule has 0 N–H and O–H groups in total. The van der Waals surface area contributed by atoms with E-state index < -0.39 is 0 Å². The fraction of sp³-hybridized carbons (Fsp3) is 0.500. The molecule has 0 saturated heterocycles. The van der Waals surface area contributed by atoms with Gasteiger partial charge in [0.15, 0.2) is 0 Å². The van der Waals surface area contributed by atoms with Crippen molar-refractivity contribution in [2.24, 2.45) is 0 Å². The van der Waals surface area contributed by atoms with Gasteiger partial charge in [-0.2, -0.15) is 0 Å². The van der Waals surface area contributed by atoms with E-state index in [-0.39, 0.29) is 5.81 Å². The summed E-state index contributed by atoms with van der Waals surface area (Å²) in [5, 5.41) is 0. The fourth-order valence-corrected chi connectivity index (χ4v) is 6.91. The van der Waals surface area contributed by atoms with Gasteiger partial charge in [-0.05, 0) is 81.0 Å². The molecule has 214 valence electrons. The van der Waals surface area contributed by atoms with Crippen LogP contribution in [0.5, 0.6) is 0 Å². The van der Waals surface area contributed by atoms with Crippen LogP contribution < -0.4 is 9.62 Å². The highest BCUT2D eigenvalue weighted by molar-refractivity contribution is 9.24. The zero-order valence-electron chi connectivity index (χ0n) is 26.9. The monoisotopic (exact) mass is 600 g/mol. The SMILES string of the molecule is CC(C)c1cc(C(C)C)c(N2B(Br)N(c3c(C(C)C)cc(C(C)C)cc3C(C)C)c3ccccc32)c(C(C)C)c1. The van der Waals surface area contributed by atoms with Gasteiger partial charge < -0.3 is 9.62 Å². The number of fused-ring (bicyclic) bond motifs is 1. The highest BCUT2D eigenvalue weighted by atomic mass is 79.9. The minimum Gasteiger partial charge on any atom is -0.354 e. The summed E-state index contributed by atoms with van der Waals surface area (Å²) in [5.74, 6) is 2.60. The fourth-order valence-electron chi connectivity index (χ4n) is 6.06. The Morgan fingerprint density at radius 2 is 0.750 bits per heavy atom. The highest BCUT2D eigenvalue weighted by Gasteiger charge is 2.44. The number of nitrogens with zero attached hydrogens (tertiary/aromatic N) is 2. The van der Waals surface area contributed by atoms with Crippen molar-refractivity contribution >= 4 is 44.3 Å². The second kappa shape index (κ2) is 12.0. The molecule has 1 aliphatic heterocycles. The topological polar surface area (TPSA) is 6.48 Å². The zero-order valence-corrected chi connectivity index (χ0v) is 28.5. The van der Waals surface area contributed by atoms with Crippen LogP contribution >= 0.6 is 15.8 Å². The van der Waals surface area contributed by atoms with Crippen LogP contribution in [0, 0.1) is 0 Å². The molecule has 0 radical (unpaired) electrons. The number of halogens is 1. The molecule has 0 unspecified atom stereocenters. The molecule has 1 heterocycles. The first-order valence-corrected chi connectivity index (χ1v) is 16.3. The normalized spacial score (nSPS) is 13.8. The molecule has 0 atom stereocenters. The summed E-state index contributed by atoms with van der Waals surface area (Å²) in [4.78, 5) is 5.16. The molecule has 0 saturated carbocycles. The number of hydrogen-bond donors (Lipinski definition) is 0. The minimum absolute atomic E-state index is 0.0373. The van der Waals surface area contributed by atoms with Gasteiger partial charge in [0, 0.05) is 11.4 Å². The van der Waals surface area contributed by atoms with Crippen molar-refractivity contribution in [1.29, 1.82) is 0 Å². The predicted octanol–water partition coefficient (Wildman–Crippen LogP) is 12.1. The minimum atomic E-state index is -0.0373. The van der Waals surface area contributed by atoms with Gasteiger partial charge in [0.05, 0.1) is 11.4 Å². The van der Waals surface area contributed by atoms with E-state index in [2.05, 4.69) is 157 Å². The van der Waals surface area contributed by atoms with Crippen molar-refractivity contribution in [2.45, 2.75) is 119 Å². The predicted molar refractivity (Wildman–Crippen MR) is 183 cm³/mol. The van der Waals surface area contributed by atoms with E-state index in [1.807, 2.05) is 0 Å². The number of rotatable bonds is 8. The van der Waals surface area contributed by atoms with Crippen LogP contribution in [-0.4, -0.2) is 5.81 Å². The van der Waals surface area contributed by atoms with E-state index in [0.717, 1.165) is 0 Å². The molecule has 1 aliphatic rings. The summed E-state index contributed by atoms with van der Waals surface area (Å²) >= 11 is 4.31. The van der Waals surface area contributed by atoms with E-state index in [4.69, 9.17) is 0 Å². The van der Waals surface area contributed by atoms with E-state index in [1.165, 1.54) is 56.1 Å². The van der Waals surface area contributed by atoms with Crippen molar-refractivity contribution in [3.8, 4) is 0 Å². The van der Waals surface area contributed by atoms with Crippen LogP contribution in [-0.2, 0) is 0 Å². The molecule has 0 spiro atoms. The van der Waals surface area contributed by atoms with Crippen LogP contribution in [0.25, 0.3) is 0 Å². The van der Waals surface area contributed by atoms with Crippen molar-refractivity contribution in [3.63, 3.8) is 0 Å². The third-order valence-electron chi connectivity index (χ3n) is 8.51. The van der Waals surface area contributed by atoms with Gasteiger partial charge in [-0.25, -0.2) is 0 Å². The molecule has 2 nitrogen and oxygen atoms in total. The van der Waals surface area contributed by atoms with Gasteiger partial charge in [-0.15, -0.1) is 0 Å². The number of hydrogen-bond acceptors (Lipinski definition) is 2. The Morgan fingerprint density at radius 1 is 0.475 bits per heavy atom. The van der Waals surface area contributed by atoms with Gasteiger partial charge in [0.2, 0.25) is 0 Å². The third-order valence-corrected chi connectivity index (χ3v) is 9.33. The molecule has 0 aliphatic carbocycles. The van der Waals surface area contributed by atoms with E-state index >= 15 is 0 Å². The Labute approximate surface area is 253 Å². The lowest BCUT2D eigenvalue weighted by Crippen LogP contribution is -2.40. The summed E-state index contributed by atoms with van der Waals surface area (Å²) in [6.45, 7) is 28.0. The Kier molecular flexibility index (Phi) is 9.20. The molecule has 4 rings (SSSR count). The van der Waals surface area contributed by atoms with Gasteiger partial charge >= 0.3 is 5.81 Å². The van der Waals surface area contributed by atoms with Crippen molar-refractivity contribution in [3.05, 3.63) is 81.9 Å². The second-order valence-electron chi connectivity index (χ2n) is 13.6. The number of benzene rings is 3. The lowest BCUT2D eigenvalue weighted by molar-refractivity contribution is 0.804. The Balaban J connectivity index is 2.06. The molecule has 3 aromatic rings. The average molecular weight is 602 g/mol.